The van der Waals surface area contributed by atoms with Gasteiger partial charge in [0, 0.05) is 60.5 Å². The summed E-state index contributed by atoms with van der Waals surface area (Å²) in [6.07, 6.45) is 4.00. The van der Waals surface area contributed by atoms with E-state index >= 15 is 0 Å². The summed E-state index contributed by atoms with van der Waals surface area (Å²) >= 11 is 8.29. The number of carbonyl (C=O) groups excluding carboxylic acids is 2. The first-order valence-electron chi connectivity index (χ1n) is 11.4. The Hall–Kier alpha value is -2.76. The van der Waals surface area contributed by atoms with E-state index in [1.165, 1.54) is 13.8 Å². The molecule has 0 N–H and O–H groups in total. The Morgan fingerprint density at radius 2 is 1.58 bits per heavy atom. The highest BCUT2D eigenvalue weighted by molar-refractivity contribution is 14.1. The standard InChI is InChI=1S/C27H28INO6S/c1-4-32-13-14-33-24-8-6-5-7-21(24)23-17-29(12-11-28)16-22(27(23)36)20-9-10-25(34-18(2)30)26(15-20)35-19(3)31/h5-10,15-17H,4,11-14H2,1-3H3. The van der Waals surface area contributed by atoms with Gasteiger partial charge in [-0.05, 0) is 30.7 Å². The summed E-state index contributed by atoms with van der Waals surface area (Å²) < 4.78 is 25.6. The Labute approximate surface area is 229 Å². The minimum Gasteiger partial charge on any atom is -0.491 e. The van der Waals surface area contributed by atoms with Gasteiger partial charge in [0.05, 0.1) is 11.1 Å². The molecule has 3 aromatic rings. The van der Waals surface area contributed by atoms with Gasteiger partial charge < -0.3 is 23.5 Å². The molecule has 9 heteroatoms. The molecule has 0 unspecified atom stereocenters. The van der Waals surface area contributed by atoms with Crippen molar-refractivity contribution in [3.8, 4) is 39.5 Å². The molecule has 0 aliphatic heterocycles. The smallest absolute Gasteiger partial charge is 0.308 e. The van der Waals surface area contributed by atoms with Gasteiger partial charge in [0.1, 0.15) is 12.4 Å². The number of rotatable bonds is 11. The number of aryl methyl sites for hydroxylation is 1. The second kappa shape index (κ2) is 13.5. The average Bonchev–Trinajstić information content (AvgIpc) is 2.84. The Kier molecular flexibility index (Phi) is 10.4. The minimum absolute atomic E-state index is 0.148. The number of benzene rings is 2. The van der Waals surface area contributed by atoms with Crippen LogP contribution in [0, 0.1) is 4.51 Å². The lowest BCUT2D eigenvalue weighted by Crippen LogP contribution is -2.08. The molecule has 7 nitrogen and oxygen atoms in total. The molecule has 1 heterocycles. The van der Waals surface area contributed by atoms with Crippen LogP contribution in [0.2, 0.25) is 0 Å². The number of hydrogen-bond acceptors (Lipinski definition) is 7. The zero-order valence-corrected chi connectivity index (χ0v) is 23.4. The van der Waals surface area contributed by atoms with Gasteiger partial charge in [-0.25, -0.2) is 0 Å². The molecule has 0 atom stereocenters. The van der Waals surface area contributed by atoms with Gasteiger partial charge in [-0.1, -0.05) is 59.1 Å². The predicted molar refractivity (Wildman–Crippen MR) is 150 cm³/mol. The molecule has 0 spiro atoms. The van der Waals surface area contributed by atoms with Crippen molar-refractivity contribution >= 4 is 46.7 Å². The Morgan fingerprint density at radius 3 is 2.28 bits per heavy atom. The number of halogens is 1. The van der Waals surface area contributed by atoms with Crippen molar-refractivity contribution in [3.05, 3.63) is 59.4 Å². The van der Waals surface area contributed by atoms with Crippen molar-refractivity contribution in [1.29, 1.82) is 0 Å². The number of carbonyl (C=O) groups is 2. The highest BCUT2D eigenvalue weighted by Gasteiger charge is 2.16. The van der Waals surface area contributed by atoms with E-state index in [0.29, 0.717) is 30.1 Å². The number of pyridine rings is 1. The third-order valence-corrected chi connectivity index (χ3v) is 5.97. The number of nitrogens with zero attached hydrogens (tertiary/aromatic N) is 1. The van der Waals surface area contributed by atoms with E-state index in [4.69, 9.17) is 31.2 Å². The Balaban J connectivity index is 2.13. The molecule has 0 radical (unpaired) electrons. The molecule has 3 rings (SSSR count). The van der Waals surface area contributed by atoms with Crippen LogP contribution in [0.25, 0.3) is 22.3 Å². The fourth-order valence-corrected chi connectivity index (χ4v) is 4.46. The van der Waals surface area contributed by atoms with Gasteiger partial charge in [0.15, 0.2) is 11.5 Å². The van der Waals surface area contributed by atoms with E-state index in [1.54, 1.807) is 18.2 Å². The molecule has 0 bridgehead atoms. The normalized spacial score (nSPS) is 10.7. The van der Waals surface area contributed by atoms with Crippen LogP contribution in [-0.2, 0) is 20.9 Å². The number of esters is 2. The molecule has 0 saturated heterocycles. The van der Waals surface area contributed by atoms with Crippen molar-refractivity contribution in [2.24, 2.45) is 0 Å². The fraction of sp³-hybridized carbons (Fsp3) is 0.296. The third kappa shape index (κ3) is 7.37. The first kappa shape index (κ1) is 27.8. The lowest BCUT2D eigenvalue weighted by atomic mass is 10.0. The summed E-state index contributed by atoms with van der Waals surface area (Å²) in [5.74, 6) is -0.00645. The zero-order valence-electron chi connectivity index (χ0n) is 20.4. The zero-order chi connectivity index (χ0) is 26.1. The molecule has 0 aliphatic rings. The van der Waals surface area contributed by atoms with Crippen molar-refractivity contribution in [2.75, 3.05) is 24.2 Å². The van der Waals surface area contributed by atoms with E-state index in [-0.39, 0.29) is 11.5 Å². The molecule has 2 aromatic carbocycles. The quantitative estimate of drug-likeness (QED) is 0.0626. The number of para-hydroxylation sites is 1. The molecular formula is C27H28INO6S. The SMILES string of the molecule is CCOCCOc1ccccc1-c1cn(CCI)cc(-c2ccc(OC(C)=O)c(OC(C)=O)c2)c1=S. The maximum absolute atomic E-state index is 11.7. The summed E-state index contributed by atoms with van der Waals surface area (Å²) in [5.41, 5.74) is 3.22. The van der Waals surface area contributed by atoms with E-state index in [1.807, 2.05) is 43.6 Å². The number of hydrogen-bond donors (Lipinski definition) is 0. The van der Waals surface area contributed by atoms with E-state index in [0.717, 1.165) is 33.2 Å². The van der Waals surface area contributed by atoms with Crippen LogP contribution in [0.3, 0.4) is 0 Å². The van der Waals surface area contributed by atoms with Crippen LogP contribution in [0.15, 0.2) is 54.9 Å². The van der Waals surface area contributed by atoms with E-state index in [9.17, 15) is 9.59 Å². The maximum Gasteiger partial charge on any atom is 0.308 e. The van der Waals surface area contributed by atoms with Gasteiger partial charge >= 0.3 is 11.9 Å². The highest BCUT2D eigenvalue weighted by Crippen LogP contribution is 2.37. The molecule has 0 saturated carbocycles. The fourth-order valence-electron chi connectivity index (χ4n) is 3.57. The molecule has 36 heavy (non-hydrogen) atoms. The third-order valence-electron chi connectivity index (χ3n) is 5.05. The van der Waals surface area contributed by atoms with E-state index in [2.05, 4.69) is 27.2 Å². The second-order valence-corrected chi connectivity index (χ2v) is 9.22. The number of alkyl halides is 1. The summed E-state index contributed by atoms with van der Waals surface area (Å²) in [5, 5.41) is 0. The summed E-state index contributed by atoms with van der Waals surface area (Å²) in [6.45, 7) is 6.84. The molecular weight excluding hydrogens is 593 g/mol. The lowest BCUT2D eigenvalue weighted by molar-refractivity contribution is -0.134. The largest absolute Gasteiger partial charge is 0.491 e. The average molecular weight is 621 g/mol. The predicted octanol–water partition coefficient (Wildman–Crippen LogP) is 6.25. The summed E-state index contributed by atoms with van der Waals surface area (Å²) in [7, 11) is 0. The van der Waals surface area contributed by atoms with Gasteiger partial charge in [-0.15, -0.1) is 0 Å². The highest BCUT2D eigenvalue weighted by atomic mass is 127. The van der Waals surface area contributed by atoms with Crippen LogP contribution in [0.4, 0.5) is 0 Å². The lowest BCUT2D eigenvalue weighted by Gasteiger charge is -2.17. The summed E-state index contributed by atoms with van der Waals surface area (Å²) in [6, 6.07) is 12.8. The molecule has 1 aromatic heterocycles. The summed E-state index contributed by atoms with van der Waals surface area (Å²) in [4.78, 5) is 23.2. The molecule has 0 fully saturated rings. The molecule has 0 aliphatic carbocycles. The van der Waals surface area contributed by atoms with Crippen molar-refractivity contribution in [3.63, 3.8) is 0 Å². The minimum atomic E-state index is -0.522. The van der Waals surface area contributed by atoms with Crippen LogP contribution in [0.5, 0.6) is 17.2 Å². The Bertz CT molecular complexity index is 1290. The van der Waals surface area contributed by atoms with E-state index < -0.39 is 11.9 Å². The van der Waals surface area contributed by atoms with Gasteiger partial charge in [-0.2, -0.15) is 0 Å². The number of ether oxygens (including phenoxy) is 4. The van der Waals surface area contributed by atoms with Crippen molar-refractivity contribution in [2.45, 2.75) is 27.3 Å². The first-order chi connectivity index (χ1) is 17.3. The van der Waals surface area contributed by atoms with Crippen LogP contribution in [-0.4, -0.2) is 40.8 Å². The first-order valence-corrected chi connectivity index (χ1v) is 13.4. The van der Waals surface area contributed by atoms with Crippen LogP contribution in [0.1, 0.15) is 20.8 Å². The van der Waals surface area contributed by atoms with Crippen LogP contribution >= 0.6 is 34.8 Å². The van der Waals surface area contributed by atoms with Crippen molar-refractivity contribution in [1.82, 2.24) is 4.57 Å². The monoisotopic (exact) mass is 621 g/mol. The second-order valence-electron chi connectivity index (χ2n) is 7.73. The Morgan fingerprint density at radius 1 is 0.889 bits per heavy atom. The van der Waals surface area contributed by atoms with Gasteiger partial charge in [-0.3, -0.25) is 9.59 Å². The molecule has 190 valence electrons. The molecule has 0 amide bonds. The van der Waals surface area contributed by atoms with Crippen molar-refractivity contribution < 1.29 is 28.5 Å². The van der Waals surface area contributed by atoms with Crippen LogP contribution < -0.4 is 14.2 Å². The maximum atomic E-state index is 11.7. The number of aromatic nitrogens is 1. The van der Waals surface area contributed by atoms with Gasteiger partial charge in [0.2, 0.25) is 0 Å². The van der Waals surface area contributed by atoms with Gasteiger partial charge in [0.25, 0.3) is 0 Å². The topological polar surface area (TPSA) is 76.0 Å².